The van der Waals surface area contributed by atoms with Crippen LogP contribution >= 0.6 is 11.3 Å². The second-order valence-corrected chi connectivity index (χ2v) is 8.84. The molecule has 1 aromatic heterocycles. The molecule has 0 spiro atoms. The Morgan fingerprint density at radius 3 is 2.50 bits per heavy atom. The van der Waals surface area contributed by atoms with Crippen LogP contribution in [0.3, 0.4) is 0 Å². The maximum absolute atomic E-state index is 11.9. The number of piperidine rings is 1. The number of hydrogen-bond donors (Lipinski definition) is 0. The minimum absolute atomic E-state index is 0.106. The lowest BCUT2D eigenvalue weighted by Crippen LogP contribution is -2.47. The fraction of sp³-hybridized carbons (Fsp3) is 0.471. The van der Waals surface area contributed by atoms with E-state index in [4.69, 9.17) is 4.98 Å². The first kappa shape index (κ1) is 17.4. The molecule has 2 heterocycles. The highest BCUT2D eigenvalue weighted by atomic mass is 32.2. The molecule has 130 valence electrons. The molecule has 0 aliphatic carbocycles. The Bertz CT molecular complexity index is 766. The number of aromatic nitrogens is 1. The fourth-order valence-corrected chi connectivity index (χ4v) is 5.37. The van der Waals surface area contributed by atoms with Crippen molar-refractivity contribution in [2.75, 3.05) is 30.8 Å². The van der Waals surface area contributed by atoms with Gasteiger partial charge in [0.25, 0.3) is 0 Å². The maximum Gasteiger partial charge on any atom is 0.211 e. The van der Waals surface area contributed by atoms with Crippen LogP contribution in [-0.4, -0.2) is 49.6 Å². The number of benzene rings is 1. The summed E-state index contributed by atoms with van der Waals surface area (Å²) in [4.78, 5) is 7.02. The average molecular weight is 366 g/mol. The van der Waals surface area contributed by atoms with E-state index in [2.05, 4.69) is 22.4 Å². The molecule has 0 bridgehead atoms. The van der Waals surface area contributed by atoms with E-state index in [9.17, 15) is 8.42 Å². The van der Waals surface area contributed by atoms with Crippen LogP contribution in [0.15, 0.2) is 35.7 Å². The lowest BCUT2D eigenvalue weighted by atomic mass is 10.1. The van der Waals surface area contributed by atoms with Crippen molar-refractivity contribution in [3.05, 3.63) is 35.7 Å². The zero-order valence-electron chi connectivity index (χ0n) is 14.1. The molecule has 0 atom stereocenters. The normalized spacial score (nSPS) is 16.7. The second kappa shape index (κ2) is 7.21. The minimum Gasteiger partial charge on any atom is -0.348 e. The molecule has 24 heavy (non-hydrogen) atoms. The molecule has 1 aromatic carbocycles. The van der Waals surface area contributed by atoms with E-state index < -0.39 is 10.0 Å². The Balaban J connectivity index is 1.66. The van der Waals surface area contributed by atoms with E-state index in [1.807, 2.05) is 25.1 Å². The van der Waals surface area contributed by atoms with Crippen LogP contribution in [0.1, 0.15) is 19.8 Å². The summed E-state index contributed by atoms with van der Waals surface area (Å²) in [6.45, 7) is 4.14. The van der Waals surface area contributed by atoms with Crippen molar-refractivity contribution in [2.45, 2.75) is 25.8 Å². The van der Waals surface area contributed by atoms with Crippen LogP contribution in [0.25, 0.3) is 11.3 Å². The van der Waals surface area contributed by atoms with Crippen LogP contribution < -0.4 is 4.90 Å². The summed E-state index contributed by atoms with van der Waals surface area (Å²) in [6.07, 6.45) is 3.00. The van der Waals surface area contributed by atoms with E-state index in [0.717, 1.165) is 42.3 Å². The van der Waals surface area contributed by atoms with Gasteiger partial charge in [-0.15, -0.1) is 11.3 Å². The molecule has 0 N–H and O–H groups in total. The third kappa shape index (κ3) is 3.79. The maximum atomic E-state index is 11.9. The fourth-order valence-electron chi connectivity index (χ4n) is 3.26. The van der Waals surface area contributed by atoms with Gasteiger partial charge in [0.2, 0.25) is 10.0 Å². The monoisotopic (exact) mass is 365 g/mol. The van der Waals surface area contributed by atoms with Crippen molar-refractivity contribution in [2.24, 2.45) is 0 Å². The predicted octanol–water partition coefficient (Wildman–Crippen LogP) is 3.06. The smallest absolute Gasteiger partial charge is 0.211 e. The number of thiazole rings is 1. The number of rotatable bonds is 5. The van der Waals surface area contributed by atoms with E-state index in [0.29, 0.717) is 6.54 Å². The number of sulfonamides is 1. The van der Waals surface area contributed by atoms with Crippen LogP contribution in [0.2, 0.25) is 0 Å². The third-order valence-corrected chi connectivity index (χ3v) is 6.75. The number of hydrogen-bond acceptors (Lipinski definition) is 5. The molecular formula is C17H23N3O2S2. The Labute approximate surface area is 148 Å². The van der Waals surface area contributed by atoms with Gasteiger partial charge in [0.05, 0.1) is 11.9 Å². The topological polar surface area (TPSA) is 53.5 Å². The van der Waals surface area contributed by atoms with Crippen molar-refractivity contribution in [1.29, 1.82) is 0 Å². The van der Waals surface area contributed by atoms with Gasteiger partial charge in [-0.1, -0.05) is 37.3 Å². The van der Waals surface area contributed by atoms with Gasteiger partial charge in [-0.25, -0.2) is 13.4 Å². The molecule has 1 aliphatic heterocycles. The van der Waals surface area contributed by atoms with Gasteiger partial charge >= 0.3 is 0 Å². The van der Waals surface area contributed by atoms with E-state index >= 15 is 0 Å². The molecular weight excluding hydrogens is 342 g/mol. The van der Waals surface area contributed by atoms with E-state index in [-0.39, 0.29) is 6.04 Å². The molecule has 7 heteroatoms. The summed E-state index contributed by atoms with van der Waals surface area (Å²) in [7, 11) is -3.13. The van der Waals surface area contributed by atoms with Crippen LogP contribution in [-0.2, 0) is 10.0 Å². The summed E-state index contributed by atoms with van der Waals surface area (Å²) in [6, 6.07) is 10.3. The van der Waals surface area contributed by atoms with Gasteiger partial charge in [-0.05, 0) is 12.8 Å². The first-order valence-electron chi connectivity index (χ1n) is 8.21. The summed E-state index contributed by atoms with van der Waals surface area (Å²) >= 11 is 1.65. The molecule has 1 aliphatic rings. The summed E-state index contributed by atoms with van der Waals surface area (Å²) < 4.78 is 25.4. The van der Waals surface area contributed by atoms with Crippen LogP contribution in [0, 0.1) is 0 Å². The Hall–Kier alpha value is -1.44. The molecule has 3 rings (SSSR count). The number of nitrogens with zero attached hydrogens (tertiary/aromatic N) is 3. The van der Waals surface area contributed by atoms with Gasteiger partial charge in [0.15, 0.2) is 5.13 Å². The predicted molar refractivity (Wildman–Crippen MR) is 100 cm³/mol. The highest BCUT2D eigenvalue weighted by molar-refractivity contribution is 7.88. The third-order valence-electron chi connectivity index (χ3n) is 4.44. The van der Waals surface area contributed by atoms with Gasteiger partial charge < -0.3 is 4.90 Å². The Kier molecular flexibility index (Phi) is 5.22. The van der Waals surface area contributed by atoms with Gasteiger partial charge in [-0.3, -0.25) is 0 Å². The van der Waals surface area contributed by atoms with Crippen molar-refractivity contribution >= 4 is 26.5 Å². The first-order valence-corrected chi connectivity index (χ1v) is 10.9. The van der Waals surface area contributed by atoms with E-state index in [1.54, 1.807) is 15.6 Å². The second-order valence-electron chi connectivity index (χ2n) is 6.07. The molecule has 0 unspecified atom stereocenters. The first-order chi connectivity index (χ1) is 11.5. The van der Waals surface area contributed by atoms with Crippen LogP contribution in [0.4, 0.5) is 5.13 Å². The quantitative estimate of drug-likeness (QED) is 0.817. The van der Waals surface area contributed by atoms with Gasteiger partial charge in [0.1, 0.15) is 0 Å². The lowest BCUT2D eigenvalue weighted by molar-refractivity contribution is 0.285. The molecule has 5 nitrogen and oxygen atoms in total. The van der Waals surface area contributed by atoms with Crippen molar-refractivity contribution in [1.82, 2.24) is 9.29 Å². The summed E-state index contributed by atoms with van der Waals surface area (Å²) in [5, 5.41) is 3.11. The standard InChI is InChI=1S/C17H23N3O2S2/c1-3-20(24(2,21)22)15-9-11-19(12-10-15)17-18-16(13-23-17)14-7-5-4-6-8-14/h4-8,13,15H,3,9-12H2,1-2H3. The largest absolute Gasteiger partial charge is 0.348 e. The van der Waals surface area contributed by atoms with Gasteiger partial charge in [0, 0.05) is 36.6 Å². The number of anilines is 1. The van der Waals surface area contributed by atoms with Gasteiger partial charge in [-0.2, -0.15) is 4.31 Å². The van der Waals surface area contributed by atoms with Crippen LogP contribution in [0.5, 0.6) is 0 Å². The zero-order chi connectivity index (χ0) is 17.2. The Morgan fingerprint density at radius 1 is 1.25 bits per heavy atom. The lowest BCUT2D eigenvalue weighted by Gasteiger charge is -2.36. The highest BCUT2D eigenvalue weighted by Gasteiger charge is 2.29. The van der Waals surface area contributed by atoms with Crippen molar-refractivity contribution < 1.29 is 8.42 Å². The van der Waals surface area contributed by atoms with Crippen molar-refractivity contribution in [3.8, 4) is 11.3 Å². The molecule has 1 saturated heterocycles. The zero-order valence-corrected chi connectivity index (χ0v) is 15.7. The Morgan fingerprint density at radius 2 is 1.92 bits per heavy atom. The SMILES string of the molecule is CCN(C1CCN(c2nc(-c3ccccc3)cs2)CC1)S(C)(=O)=O. The summed E-state index contributed by atoms with van der Waals surface area (Å²) in [5.74, 6) is 0. The summed E-state index contributed by atoms with van der Waals surface area (Å²) in [5.41, 5.74) is 2.13. The molecule has 1 fully saturated rings. The van der Waals surface area contributed by atoms with E-state index in [1.165, 1.54) is 6.26 Å². The molecule has 0 radical (unpaired) electrons. The highest BCUT2D eigenvalue weighted by Crippen LogP contribution is 2.30. The molecule has 0 saturated carbocycles. The molecule has 2 aromatic rings. The average Bonchev–Trinajstić information content (AvgIpc) is 3.06. The molecule has 0 amide bonds. The van der Waals surface area contributed by atoms with Crippen molar-refractivity contribution in [3.63, 3.8) is 0 Å². The minimum atomic E-state index is -3.13.